The number of hydrogen-bond acceptors (Lipinski definition) is 3. The molecule has 0 amide bonds. The highest BCUT2D eigenvalue weighted by Crippen LogP contribution is 2.42. The Morgan fingerprint density at radius 2 is 2.30 bits per heavy atom. The largest absolute Gasteiger partial charge is 0.394 e. The van der Waals surface area contributed by atoms with E-state index in [0.717, 1.165) is 5.82 Å². The second-order valence-corrected chi connectivity index (χ2v) is 3.29. The summed E-state index contributed by atoms with van der Waals surface area (Å²) in [6.45, 7) is 1.26. The van der Waals surface area contributed by atoms with Gasteiger partial charge in [-0.25, -0.2) is 0 Å². The van der Waals surface area contributed by atoms with Crippen molar-refractivity contribution >= 4 is 7.60 Å². The van der Waals surface area contributed by atoms with Crippen LogP contribution in [0.1, 0.15) is 6.92 Å². The molecule has 1 unspecified atom stereocenters. The van der Waals surface area contributed by atoms with Gasteiger partial charge in [-0.1, -0.05) is 6.08 Å². The molecule has 0 aliphatic carbocycles. The van der Waals surface area contributed by atoms with Gasteiger partial charge in [-0.2, -0.15) is 0 Å². The molecule has 0 aliphatic heterocycles. The quantitative estimate of drug-likeness (QED) is 0.603. The highest BCUT2D eigenvalue weighted by Gasteiger charge is 2.12. The fourth-order valence-corrected chi connectivity index (χ4v) is 1.21. The molecule has 0 aromatic rings. The van der Waals surface area contributed by atoms with Crippen molar-refractivity contribution in [3.8, 4) is 0 Å². The van der Waals surface area contributed by atoms with Crippen molar-refractivity contribution in [1.29, 1.82) is 0 Å². The second-order valence-electron chi connectivity index (χ2n) is 1.60. The van der Waals surface area contributed by atoms with Crippen LogP contribution in [-0.4, -0.2) is 23.2 Å². The monoisotopic (exact) mass is 166 g/mol. The molecule has 0 radical (unpaired) electrons. The van der Waals surface area contributed by atoms with Crippen LogP contribution in [0.4, 0.5) is 0 Å². The highest BCUT2D eigenvalue weighted by molar-refractivity contribution is 7.56. The van der Waals surface area contributed by atoms with Gasteiger partial charge in [0.2, 0.25) is 0 Å². The number of rotatable bonds is 4. The van der Waals surface area contributed by atoms with Gasteiger partial charge in [0, 0.05) is 5.82 Å². The van der Waals surface area contributed by atoms with Gasteiger partial charge in [-0.05, 0) is 6.92 Å². The standard InChI is InChI=1S/C5H11O4P/c1-2-5-10(7,8)9-4-3-6/h2,5-6H,3-4H2,1H3,(H,7,8). The first-order valence-electron chi connectivity index (χ1n) is 2.84. The summed E-state index contributed by atoms with van der Waals surface area (Å²) in [5.74, 6) is 1.07. The maximum atomic E-state index is 10.7. The predicted molar refractivity (Wildman–Crippen MR) is 37.7 cm³/mol. The molecule has 0 saturated carbocycles. The smallest absolute Gasteiger partial charge is 0.351 e. The molecule has 1 atom stereocenters. The van der Waals surface area contributed by atoms with E-state index in [4.69, 9.17) is 10.00 Å². The van der Waals surface area contributed by atoms with E-state index in [1.165, 1.54) is 6.08 Å². The third-order valence-electron chi connectivity index (χ3n) is 0.705. The molecule has 5 heteroatoms. The minimum Gasteiger partial charge on any atom is -0.394 e. The molecular formula is C5H11O4P. The Balaban J connectivity index is 3.76. The Bertz CT molecular complexity index is 154. The summed E-state index contributed by atoms with van der Waals surface area (Å²) in [6, 6.07) is 0. The van der Waals surface area contributed by atoms with Crippen LogP contribution in [0.3, 0.4) is 0 Å². The van der Waals surface area contributed by atoms with E-state index < -0.39 is 7.60 Å². The minimum atomic E-state index is -3.55. The van der Waals surface area contributed by atoms with Crippen LogP contribution in [0.2, 0.25) is 0 Å². The normalized spacial score (nSPS) is 17.5. The van der Waals surface area contributed by atoms with E-state index in [1.54, 1.807) is 6.92 Å². The van der Waals surface area contributed by atoms with E-state index in [1.807, 2.05) is 0 Å². The first kappa shape index (κ1) is 9.85. The van der Waals surface area contributed by atoms with E-state index in [2.05, 4.69) is 4.52 Å². The molecule has 10 heavy (non-hydrogen) atoms. The van der Waals surface area contributed by atoms with Crippen LogP contribution >= 0.6 is 7.60 Å². The molecule has 0 saturated heterocycles. The third kappa shape index (κ3) is 4.70. The topological polar surface area (TPSA) is 66.8 Å². The first-order chi connectivity index (χ1) is 4.62. The Hall–Kier alpha value is -0.150. The van der Waals surface area contributed by atoms with Crippen LogP contribution in [0.25, 0.3) is 0 Å². The Morgan fingerprint density at radius 1 is 1.70 bits per heavy atom. The third-order valence-corrected chi connectivity index (χ3v) is 1.93. The van der Waals surface area contributed by atoms with E-state index in [0.29, 0.717) is 0 Å². The fourth-order valence-electron chi connectivity index (χ4n) is 0.403. The zero-order chi connectivity index (χ0) is 8.04. The SMILES string of the molecule is CC=CP(=O)(O)OCCO. The summed E-state index contributed by atoms with van der Waals surface area (Å²) < 4.78 is 15.1. The molecule has 0 rings (SSSR count). The lowest BCUT2D eigenvalue weighted by Crippen LogP contribution is -1.95. The van der Waals surface area contributed by atoms with Crippen LogP contribution in [0.5, 0.6) is 0 Å². The van der Waals surface area contributed by atoms with E-state index in [-0.39, 0.29) is 13.2 Å². The van der Waals surface area contributed by atoms with Crippen molar-refractivity contribution in [2.24, 2.45) is 0 Å². The molecule has 0 bridgehead atoms. The molecule has 0 aromatic heterocycles. The summed E-state index contributed by atoms with van der Waals surface area (Å²) in [5, 5.41) is 8.22. The van der Waals surface area contributed by atoms with Crippen LogP contribution < -0.4 is 0 Å². The molecule has 0 aliphatic rings. The van der Waals surface area contributed by atoms with E-state index >= 15 is 0 Å². The predicted octanol–water partition coefficient (Wildman–Crippen LogP) is 0.714. The maximum absolute atomic E-state index is 10.7. The van der Waals surface area contributed by atoms with Gasteiger partial charge >= 0.3 is 7.60 Å². The van der Waals surface area contributed by atoms with Crippen LogP contribution in [-0.2, 0) is 9.09 Å². The van der Waals surface area contributed by atoms with Crippen molar-refractivity contribution in [3.05, 3.63) is 11.9 Å². The van der Waals surface area contributed by atoms with Gasteiger partial charge in [0.15, 0.2) is 0 Å². The fraction of sp³-hybridized carbons (Fsp3) is 0.600. The highest BCUT2D eigenvalue weighted by atomic mass is 31.2. The van der Waals surface area contributed by atoms with Crippen molar-refractivity contribution in [2.45, 2.75) is 6.92 Å². The molecule has 2 N–H and O–H groups in total. The lowest BCUT2D eigenvalue weighted by Gasteiger charge is -2.04. The summed E-state index contributed by atoms with van der Waals surface area (Å²) >= 11 is 0. The second kappa shape index (κ2) is 4.63. The number of aliphatic hydroxyl groups excluding tert-OH is 1. The number of aliphatic hydroxyl groups is 1. The molecule has 0 spiro atoms. The summed E-state index contributed by atoms with van der Waals surface area (Å²) in [6.07, 6.45) is 1.43. The Morgan fingerprint density at radius 3 is 2.70 bits per heavy atom. The zero-order valence-corrected chi connectivity index (χ0v) is 6.62. The van der Waals surface area contributed by atoms with Crippen molar-refractivity contribution in [1.82, 2.24) is 0 Å². The molecule has 0 heterocycles. The average Bonchev–Trinajstić information content (AvgIpc) is 1.84. The summed E-state index contributed by atoms with van der Waals surface area (Å²) in [7, 11) is -3.55. The number of hydrogen-bond donors (Lipinski definition) is 2. The van der Waals surface area contributed by atoms with Crippen LogP contribution in [0, 0.1) is 0 Å². The van der Waals surface area contributed by atoms with Crippen molar-refractivity contribution in [2.75, 3.05) is 13.2 Å². The van der Waals surface area contributed by atoms with Crippen molar-refractivity contribution in [3.63, 3.8) is 0 Å². The molecule has 4 nitrogen and oxygen atoms in total. The van der Waals surface area contributed by atoms with Gasteiger partial charge in [0.1, 0.15) is 0 Å². The Kier molecular flexibility index (Phi) is 4.56. The van der Waals surface area contributed by atoms with Gasteiger partial charge in [-0.15, -0.1) is 0 Å². The summed E-state index contributed by atoms with van der Waals surface area (Å²) in [5.41, 5.74) is 0. The average molecular weight is 166 g/mol. The molecular weight excluding hydrogens is 155 g/mol. The maximum Gasteiger partial charge on any atom is 0.351 e. The Labute approximate surface area is 59.7 Å². The molecule has 60 valence electrons. The molecule has 0 fully saturated rings. The lowest BCUT2D eigenvalue weighted by atomic mass is 10.8. The van der Waals surface area contributed by atoms with Gasteiger partial charge in [-0.3, -0.25) is 4.57 Å². The van der Waals surface area contributed by atoms with E-state index in [9.17, 15) is 4.57 Å². The van der Waals surface area contributed by atoms with Crippen LogP contribution in [0.15, 0.2) is 11.9 Å². The van der Waals surface area contributed by atoms with Gasteiger partial charge < -0.3 is 14.5 Å². The zero-order valence-electron chi connectivity index (χ0n) is 5.73. The minimum absolute atomic E-state index is 0.113. The number of allylic oxidation sites excluding steroid dienone is 1. The first-order valence-corrected chi connectivity index (χ1v) is 4.49. The molecule has 0 aromatic carbocycles. The lowest BCUT2D eigenvalue weighted by molar-refractivity contribution is 0.187. The summed E-state index contributed by atoms with van der Waals surface area (Å²) in [4.78, 5) is 8.78. The van der Waals surface area contributed by atoms with Gasteiger partial charge in [0.25, 0.3) is 0 Å². The van der Waals surface area contributed by atoms with Gasteiger partial charge in [0.05, 0.1) is 13.2 Å². The van der Waals surface area contributed by atoms with Crippen molar-refractivity contribution < 1.29 is 19.1 Å².